The highest BCUT2D eigenvalue weighted by molar-refractivity contribution is 6.31. The van der Waals surface area contributed by atoms with Crippen LogP contribution in [0.25, 0.3) is 11.3 Å². The van der Waals surface area contributed by atoms with Crippen LogP contribution >= 0.6 is 11.6 Å². The Hall–Kier alpha value is -2.28. The summed E-state index contributed by atoms with van der Waals surface area (Å²) in [6.45, 7) is 0. The largest absolute Gasteiger partial charge is 0.573 e. The molecule has 1 N–H and O–H groups in total. The number of carbonyl (C=O) groups is 1. The van der Waals surface area contributed by atoms with Gasteiger partial charge in [-0.3, -0.25) is 9.78 Å². The molecule has 8 heteroatoms. The van der Waals surface area contributed by atoms with Crippen molar-refractivity contribution < 1.29 is 27.8 Å². The van der Waals surface area contributed by atoms with Gasteiger partial charge < -0.3 is 9.84 Å². The van der Waals surface area contributed by atoms with Gasteiger partial charge in [-0.2, -0.15) is 0 Å². The fourth-order valence-electron chi connectivity index (χ4n) is 1.79. The highest BCUT2D eigenvalue weighted by Crippen LogP contribution is 2.33. The Kier molecular flexibility index (Phi) is 4.56. The zero-order valence-electron chi connectivity index (χ0n) is 10.9. The minimum absolute atomic E-state index is 0.0634. The minimum atomic E-state index is -4.84. The first-order valence-electron chi connectivity index (χ1n) is 5.98. The van der Waals surface area contributed by atoms with E-state index in [2.05, 4.69) is 9.72 Å². The highest BCUT2D eigenvalue weighted by Gasteiger charge is 2.32. The molecule has 0 unspecified atom stereocenters. The van der Waals surface area contributed by atoms with Crippen LogP contribution in [0, 0.1) is 0 Å². The van der Waals surface area contributed by atoms with Crippen molar-refractivity contribution in [3.63, 3.8) is 0 Å². The molecule has 4 nitrogen and oxygen atoms in total. The maximum atomic E-state index is 12.4. The smallest absolute Gasteiger partial charge is 0.481 e. The molecule has 0 aliphatic heterocycles. The van der Waals surface area contributed by atoms with Gasteiger partial charge in [-0.15, -0.1) is 13.2 Å². The molecule has 0 aliphatic rings. The summed E-state index contributed by atoms with van der Waals surface area (Å²) >= 11 is 5.84. The summed E-state index contributed by atoms with van der Waals surface area (Å²) < 4.78 is 41.2. The monoisotopic (exact) mass is 331 g/mol. The molecule has 0 saturated heterocycles. The van der Waals surface area contributed by atoms with Gasteiger partial charge in [-0.25, -0.2) is 0 Å². The molecule has 0 bridgehead atoms. The van der Waals surface area contributed by atoms with E-state index in [1.54, 1.807) is 0 Å². The Balaban J connectivity index is 2.46. The standard InChI is InChI=1S/C14H9ClF3NO3/c15-9-5-6-10(19-11(9)7-13(20)21)8-3-1-2-4-12(8)22-14(16,17)18/h1-6H,7H2,(H,20,21). The van der Waals surface area contributed by atoms with Crippen LogP contribution in [0.15, 0.2) is 36.4 Å². The number of aliphatic carboxylic acids is 1. The van der Waals surface area contributed by atoms with Crippen LogP contribution in [-0.4, -0.2) is 22.4 Å². The van der Waals surface area contributed by atoms with Crippen LogP contribution in [0.3, 0.4) is 0 Å². The lowest BCUT2D eigenvalue weighted by Crippen LogP contribution is -2.17. The lowest BCUT2D eigenvalue weighted by atomic mass is 10.1. The van der Waals surface area contributed by atoms with Crippen LogP contribution < -0.4 is 4.74 Å². The van der Waals surface area contributed by atoms with E-state index < -0.39 is 24.5 Å². The number of carboxylic acid groups (broad SMARTS) is 1. The van der Waals surface area contributed by atoms with Gasteiger partial charge in [0, 0.05) is 5.56 Å². The third-order valence-corrected chi connectivity index (χ3v) is 2.97. The second-order valence-electron chi connectivity index (χ2n) is 4.24. The third-order valence-electron chi connectivity index (χ3n) is 2.63. The number of nitrogens with zero attached hydrogens (tertiary/aromatic N) is 1. The number of rotatable bonds is 4. The Morgan fingerprint density at radius 1 is 1.23 bits per heavy atom. The summed E-state index contributed by atoms with van der Waals surface area (Å²) in [7, 11) is 0. The van der Waals surface area contributed by atoms with Gasteiger partial charge in [0.1, 0.15) is 5.75 Å². The van der Waals surface area contributed by atoms with Gasteiger partial charge in [-0.05, 0) is 24.3 Å². The minimum Gasteiger partial charge on any atom is -0.481 e. The molecule has 0 saturated carbocycles. The highest BCUT2D eigenvalue weighted by atomic mass is 35.5. The van der Waals surface area contributed by atoms with E-state index in [9.17, 15) is 18.0 Å². The van der Waals surface area contributed by atoms with Gasteiger partial charge in [0.2, 0.25) is 0 Å². The molecule has 22 heavy (non-hydrogen) atoms. The molecule has 0 atom stereocenters. The number of pyridine rings is 1. The van der Waals surface area contributed by atoms with Crippen LogP contribution in [-0.2, 0) is 11.2 Å². The van der Waals surface area contributed by atoms with Crippen molar-refractivity contribution in [2.45, 2.75) is 12.8 Å². The summed E-state index contributed by atoms with van der Waals surface area (Å²) in [6, 6.07) is 8.22. The molecule has 0 spiro atoms. The predicted molar refractivity (Wildman–Crippen MR) is 72.7 cm³/mol. The van der Waals surface area contributed by atoms with E-state index in [0.29, 0.717) is 0 Å². The van der Waals surface area contributed by atoms with Crippen molar-refractivity contribution >= 4 is 17.6 Å². The predicted octanol–water partition coefficient (Wildman–Crippen LogP) is 3.93. The Bertz CT molecular complexity index is 704. The zero-order chi connectivity index (χ0) is 16.3. The fourth-order valence-corrected chi connectivity index (χ4v) is 1.97. The number of carboxylic acids is 1. The van der Waals surface area contributed by atoms with Crippen molar-refractivity contribution in [1.82, 2.24) is 4.98 Å². The first kappa shape index (κ1) is 16.1. The van der Waals surface area contributed by atoms with Crippen LogP contribution in [0.2, 0.25) is 5.02 Å². The number of benzene rings is 1. The fraction of sp³-hybridized carbons (Fsp3) is 0.143. The van der Waals surface area contributed by atoms with Gasteiger partial charge in [0.05, 0.1) is 22.8 Å². The SMILES string of the molecule is O=C(O)Cc1nc(-c2ccccc2OC(F)(F)F)ccc1Cl. The third kappa shape index (κ3) is 4.11. The number of alkyl halides is 3. The first-order valence-corrected chi connectivity index (χ1v) is 6.36. The van der Waals surface area contributed by atoms with Gasteiger partial charge >= 0.3 is 12.3 Å². The molecular formula is C14H9ClF3NO3. The molecule has 2 rings (SSSR count). The second kappa shape index (κ2) is 6.23. The lowest BCUT2D eigenvalue weighted by molar-refractivity contribution is -0.274. The van der Waals surface area contributed by atoms with Crippen molar-refractivity contribution in [1.29, 1.82) is 0 Å². The Labute approximate surface area is 128 Å². The van der Waals surface area contributed by atoms with E-state index in [1.165, 1.54) is 30.3 Å². The number of aromatic nitrogens is 1. The quantitative estimate of drug-likeness (QED) is 0.922. The lowest BCUT2D eigenvalue weighted by Gasteiger charge is -2.13. The summed E-state index contributed by atoms with van der Waals surface area (Å²) in [5.41, 5.74) is 0.289. The summed E-state index contributed by atoms with van der Waals surface area (Å²) in [4.78, 5) is 14.8. The van der Waals surface area contributed by atoms with Crippen LogP contribution in [0.5, 0.6) is 5.75 Å². The van der Waals surface area contributed by atoms with E-state index in [-0.39, 0.29) is 22.0 Å². The molecule has 1 aromatic carbocycles. The summed E-state index contributed by atoms with van der Waals surface area (Å²) in [5, 5.41) is 8.91. The van der Waals surface area contributed by atoms with Gasteiger partial charge in [0.25, 0.3) is 0 Å². The molecule has 1 heterocycles. The van der Waals surface area contributed by atoms with E-state index in [0.717, 1.165) is 6.07 Å². The van der Waals surface area contributed by atoms with Crippen molar-refractivity contribution in [2.75, 3.05) is 0 Å². The zero-order valence-corrected chi connectivity index (χ0v) is 11.6. The molecule has 0 radical (unpaired) electrons. The number of ether oxygens (including phenoxy) is 1. The summed E-state index contributed by atoms with van der Waals surface area (Å²) in [6.07, 6.45) is -5.28. The molecular weight excluding hydrogens is 323 g/mol. The Morgan fingerprint density at radius 3 is 2.55 bits per heavy atom. The first-order chi connectivity index (χ1) is 10.3. The normalized spacial score (nSPS) is 11.3. The van der Waals surface area contributed by atoms with Crippen LogP contribution in [0.4, 0.5) is 13.2 Å². The van der Waals surface area contributed by atoms with Gasteiger partial charge in [-0.1, -0.05) is 23.7 Å². The van der Waals surface area contributed by atoms with Crippen LogP contribution in [0.1, 0.15) is 5.69 Å². The second-order valence-corrected chi connectivity index (χ2v) is 4.65. The van der Waals surface area contributed by atoms with E-state index in [1.807, 2.05) is 0 Å². The molecule has 0 fully saturated rings. The maximum Gasteiger partial charge on any atom is 0.573 e. The average Bonchev–Trinajstić information content (AvgIpc) is 2.40. The molecule has 0 amide bonds. The Morgan fingerprint density at radius 2 is 1.91 bits per heavy atom. The van der Waals surface area contributed by atoms with E-state index >= 15 is 0 Å². The number of para-hydroxylation sites is 1. The average molecular weight is 332 g/mol. The van der Waals surface area contributed by atoms with Crippen molar-refractivity contribution in [3.05, 3.63) is 47.1 Å². The molecule has 1 aromatic heterocycles. The summed E-state index contributed by atoms with van der Waals surface area (Å²) in [5.74, 6) is -1.57. The van der Waals surface area contributed by atoms with E-state index in [4.69, 9.17) is 16.7 Å². The van der Waals surface area contributed by atoms with Crippen molar-refractivity contribution in [3.8, 4) is 17.0 Å². The number of hydrogen-bond donors (Lipinski definition) is 1. The van der Waals surface area contributed by atoms with Crippen molar-refractivity contribution in [2.24, 2.45) is 0 Å². The van der Waals surface area contributed by atoms with Gasteiger partial charge in [0.15, 0.2) is 0 Å². The topological polar surface area (TPSA) is 59.4 Å². The molecule has 0 aliphatic carbocycles. The molecule has 116 valence electrons. The maximum absolute atomic E-state index is 12.4. The number of hydrogen-bond acceptors (Lipinski definition) is 3. The molecule has 2 aromatic rings. The number of halogens is 4.